The Bertz CT molecular complexity index is 578. The maximum absolute atomic E-state index is 6.04. The second-order valence-electron chi connectivity index (χ2n) is 5.23. The van der Waals surface area contributed by atoms with Gasteiger partial charge in [0.05, 0.1) is 18.9 Å². The molecular weight excluding hydrogens is 260 g/mol. The van der Waals surface area contributed by atoms with Gasteiger partial charge in [-0.2, -0.15) is 4.52 Å². The Balaban J connectivity index is 1.75. The normalized spacial score (nSPS) is 22.8. The van der Waals surface area contributed by atoms with Gasteiger partial charge < -0.3 is 14.8 Å². The summed E-state index contributed by atoms with van der Waals surface area (Å²) >= 11 is 0. The van der Waals surface area contributed by atoms with Crippen LogP contribution in [0.2, 0.25) is 0 Å². The van der Waals surface area contributed by atoms with Gasteiger partial charge in [-0.05, 0) is 24.3 Å². The standard InChI is InChI=1S/C12H18N6O2/c1-9(2)20-12(3-6-19-8-12)7-14-10-11-15-16-17-18(11)5-4-13-10/h4-5,9H,3,6-8H2,1-2H3,(H,13,14). The molecule has 0 saturated carbocycles. The van der Waals surface area contributed by atoms with E-state index in [2.05, 4.69) is 25.8 Å². The summed E-state index contributed by atoms with van der Waals surface area (Å²) in [4.78, 5) is 4.28. The minimum atomic E-state index is -0.309. The molecule has 108 valence electrons. The summed E-state index contributed by atoms with van der Waals surface area (Å²) in [5.41, 5.74) is 0.293. The molecule has 1 aliphatic rings. The maximum atomic E-state index is 6.04. The fourth-order valence-corrected chi connectivity index (χ4v) is 2.41. The molecule has 1 atom stereocenters. The highest BCUT2D eigenvalue weighted by Gasteiger charge is 2.37. The minimum Gasteiger partial charge on any atom is -0.378 e. The molecule has 8 nitrogen and oxygen atoms in total. The Labute approximate surface area is 116 Å². The van der Waals surface area contributed by atoms with Crippen LogP contribution in [0.15, 0.2) is 12.4 Å². The average molecular weight is 278 g/mol. The topological polar surface area (TPSA) is 86.5 Å². The lowest BCUT2D eigenvalue weighted by Crippen LogP contribution is -2.42. The monoisotopic (exact) mass is 278 g/mol. The van der Waals surface area contributed by atoms with Gasteiger partial charge in [0.2, 0.25) is 5.65 Å². The quantitative estimate of drug-likeness (QED) is 0.853. The molecule has 1 saturated heterocycles. The molecule has 20 heavy (non-hydrogen) atoms. The predicted molar refractivity (Wildman–Crippen MR) is 71.5 cm³/mol. The van der Waals surface area contributed by atoms with E-state index in [4.69, 9.17) is 9.47 Å². The molecule has 1 unspecified atom stereocenters. The number of hydrogen-bond donors (Lipinski definition) is 1. The van der Waals surface area contributed by atoms with Gasteiger partial charge in [0.15, 0.2) is 5.82 Å². The smallest absolute Gasteiger partial charge is 0.221 e. The Hall–Kier alpha value is -1.80. The van der Waals surface area contributed by atoms with Gasteiger partial charge in [0.25, 0.3) is 0 Å². The zero-order valence-corrected chi connectivity index (χ0v) is 11.6. The van der Waals surface area contributed by atoms with Gasteiger partial charge in [-0.25, -0.2) is 4.98 Å². The molecule has 1 aliphatic heterocycles. The summed E-state index contributed by atoms with van der Waals surface area (Å²) in [7, 11) is 0. The summed E-state index contributed by atoms with van der Waals surface area (Å²) in [6.07, 6.45) is 4.38. The van der Waals surface area contributed by atoms with Crippen molar-refractivity contribution in [1.29, 1.82) is 0 Å². The number of hydrogen-bond acceptors (Lipinski definition) is 7. The van der Waals surface area contributed by atoms with E-state index >= 15 is 0 Å². The Morgan fingerprint density at radius 2 is 2.45 bits per heavy atom. The van der Waals surface area contributed by atoms with Crippen LogP contribution >= 0.6 is 0 Å². The van der Waals surface area contributed by atoms with E-state index in [1.165, 1.54) is 0 Å². The van der Waals surface area contributed by atoms with Crippen molar-refractivity contribution in [2.24, 2.45) is 0 Å². The van der Waals surface area contributed by atoms with Crippen molar-refractivity contribution in [1.82, 2.24) is 25.0 Å². The lowest BCUT2D eigenvalue weighted by atomic mass is 10.0. The molecule has 0 aromatic carbocycles. The third-order valence-corrected chi connectivity index (χ3v) is 3.25. The number of rotatable bonds is 5. The van der Waals surface area contributed by atoms with Gasteiger partial charge in [-0.1, -0.05) is 0 Å². The molecular formula is C12H18N6O2. The van der Waals surface area contributed by atoms with Crippen molar-refractivity contribution < 1.29 is 9.47 Å². The fraction of sp³-hybridized carbons (Fsp3) is 0.667. The highest BCUT2D eigenvalue weighted by atomic mass is 16.6. The van der Waals surface area contributed by atoms with Crippen molar-refractivity contribution in [2.75, 3.05) is 25.1 Å². The highest BCUT2D eigenvalue weighted by molar-refractivity contribution is 5.60. The summed E-state index contributed by atoms with van der Waals surface area (Å²) in [5.74, 6) is 0.649. The van der Waals surface area contributed by atoms with Crippen LogP contribution in [0, 0.1) is 0 Å². The first kappa shape index (κ1) is 13.2. The lowest BCUT2D eigenvalue weighted by Gasteiger charge is -2.30. The molecule has 1 N–H and O–H groups in total. The van der Waals surface area contributed by atoms with Crippen molar-refractivity contribution >= 4 is 11.5 Å². The van der Waals surface area contributed by atoms with Crippen LogP contribution in [0.3, 0.4) is 0 Å². The van der Waals surface area contributed by atoms with Gasteiger partial charge >= 0.3 is 0 Å². The zero-order valence-electron chi connectivity index (χ0n) is 11.6. The number of aromatic nitrogens is 5. The number of anilines is 1. The maximum Gasteiger partial charge on any atom is 0.221 e. The molecule has 0 spiro atoms. The molecule has 3 heterocycles. The number of nitrogens with zero attached hydrogens (tertiary/aromatic N) is 5. The van der Waals surface area contributed by atoms with E-state index in [0.29, 0.717) is 24.6 Å². The molecule has 8 heteroatoms. The van der Waals surface area contributed by atoms with Crippen LogP contribution in [0.1, 0.15) is 20.3 Å². The fourth-order valence-electron chi connectivity index (χ4n) is 2.41. The summed E-state index contributed by atoms with van der Waals surface area (Å²) in [6, 6.07) is 0. The van der Waals surface area contributed by atoms with Crippen LogP contribution in [0.4, 0.5) is 5.82 Å². The van der Waals surface area contributed by atoms with E-state index in [1.54, 1.807) is 16.9 Å². The first-order valence-corrected chi connectivity index (χ1v) is 6.71. The Kier molecular flexibility index (Phi) is 3.49. The third-order valence-electron chi connectivity index (χ3n) is 3.25. The Morgan fingerprint density at radius 1 is 1.55 bits per heavy atom. The SMILES string of the molecule is CC(C)OC1(CNc2nccn3nnnc23)CCOC1. The number of nitrogens with one attached hydrogen (secondary N) is 1. The minimum absolute atomic E-state index is 0.150. The second-order valence-corrected chi connectivity index (χ2v) is 5.23. The lowest BCUT2D eigenvalue weighted by molar-refractivity contribution is -0.0729. The summed E-state index contributed by atoms with van der Waals surface area (Å²) < 4.78 is 13.1. The predicted octanol–water partition coefficient (Wildman–Crippen LogP) is 0.515. The van der Waals surface area contributed by atoms with E-state index < -0.39 is 0 Å². The third kappa shape index (κ3) is 2.56. The van der Waals surface area contributed by atoms with Gasteiger partial charge in [-0.3, -0.25) is 0 Å². The van der Waals surface area contributed by atoms with Gasteiger partial charge in [0.1, 0.15) is 5.60 Å². The zero-order chi connectivity index (χ0) is 14.0. The largest absolute Gasteiger partial charge is 0.378 e. The van der Waals surface area contributed by atoms with Crippen LogP contribution in [0.25, 0.3) is 5.65 Å². The molecule has 0 bridgehead atoms. The highest BCUT2D eigenvalue weighted by Crippen LogP contribution is 2.25. The second kappa shape index (κ2) is 5.29. The molecule has 0 radical (unpaired) electrons. The van der Waals surface area contributed by atoms with E-state index in [-0.39, 0.29) is 11.7 Å². The first-order valence-electron chi connectivity index (χ1n) is 6.71. The van der Waals surface area contributed by atoms with Gasteiger partial charge in [-0.15, -0.1) is 5.10 Å². The van der Waals surface area contributed by atoms with Crippen LogP contribution in [-0.2, 0) is 9.47 Å². The van der Waals surface area contributed by atoms with Crippen LogP contribution < -0.4 is 5.32 Å². The molecule has 0 aliphatic carbocycles. The van der Waals surface area contributed by atoms with Crippen LogP contribution in [0.5, 0.6) is 0 Å². The molecule has 1 fully saturated rings. The number of tetrazole rings is 1. The van der Waals surface area contributed by atoms with Crippen molar-refractivity contribution in [3.63, 3.8) is 0 Å². The molecule has 3 rings (SSSR count). The van der Waals surface area contributed by atoms with Gasteiger partial charge in [0, 0.05) is 25.8 Å². The van der Waals surface area contributed by atoms with Crippen molar-refractivity contribution in [2.45, 2.75) is 32.0 Å². The van der Waals surface area contributed by atoms with E-state index in [0.717, 1.165) is 13.0 Å². The van der Waals surface area contributed by atoms with E-state index in [9.17, 15) is 0 Å². The van der Waals surface area contributed by atoms with Crippen molar-refractivity contribution in [3.8, 4) is 0 Å². The number of fused-ring (bicyclic) bond motifs is 1. The molecule has 2 aromatic heterocycles. The Morgan fingerprint density at radius 3 is 3.20 bits per heavy atom. The average Bonchev–Trinajstić information content (AvgIpc) is 3.05. The van der Waals surface area contributed by atoms with Crippen LogP contribution in [-0.4, -0.2) is 56.5 Å². The summed E-state index contributed by atoms with van der Waals surface area (Å²) in [6.45, 7) is 5.98. The number of ether oxygens (including phenoxy) is 2. The first-order chi connectivity index (χ1) is 9.69. The summed E-state index contributed by atoms with van der Waals surface area (Å²) in [5, 5.41) is 14.7. The molecule has 2 aromatic rings. The van der Waals surface area contributed by atoms with E-state index in [1.807, 2.05) is 13.8 Å². The molecule has 0 amide bonds. The van der Waals surface area contributed by atoms with Crippen molar-refractivity contribution in [3.05, 3.63) is 12.4 Å².